The van der Waals surface area contributed by atoms with Gasteiger partial charge in [0.2, 0.25) is 0 Å². The van der Waals surface area contributed by atoms with E-state index in [4.69, 9.17) is 0 Å². The summed E-state index contributed by atoms with van der Waals surface area (Å²) in [6, 6.07) is 4.12. The zero-order valence-electron chi connectivity index (χ0n) is 17.3. The minimum Gasteiger partial charge on any atom is -0.383 e. The second kappa shape index (κ2) is 9.62. The van der Waals surface area contributed by atoms with Crippen LogP contribution in [0.15, 0.2) is 33.7 Å². The van der Waals surface area contributed by atoms with Crippen LogP contribution in [0.1, 0.15) is 58.1 Å². The molecule has 0 spiro atoms. The molecule has 1 N–H and O–H groups in total. The van der Waals surface area contributed by atoms with Crippen molar-refractivity contribution in [1.82, 2.24) is 28.3 Å². The number of halogens is 2. The predicted octanol–water partition coefficient (Wildman–Crippen LogP) is 5.09. The molecule has 164 valence electrons. The monoisotopic (exact) mass is 584 g/mol. The van der Waals surface area contributed by atoms with E-state index in [1.807, 2.05) is 30.2 Å². The molecule has 4 aromatic rings. The maximum absolute atomic E-state index is 10.8. The predicted molar refractivity (Wildman–Crippen MR) is 130 cm³/mol. The summed E-state index contributed by atoms with van der Waals surface area (Å²) >= 11 is 9.87. The number of hydrogen-bond donors (Lipinski definition) is 1. The van der Waals surface area contributed by atoms with E-state index in [1.165, 1.54) is 27.9 Å². The van der Waals surface area contributed by atoms with Gasteiger partial charge in [-0.15, -0.1) is 0 Å². The van der Waals surface area contributed by atoms with E-state index in [0.29, 0.717) is 11.1 Å². The summed E-state index contributed by atoms with van der Waals surface area (Å²) in [5, 5.41) is 19.7. The maximum atomic E-state index is 10.8. The van der Waals surface area contributed by atoms with Crippen LogP contribution in [-0.2, 0) is 26.4 Å². The third-order valence-corrected chi connectivity index (χ3v) is 7.97. The van der Waals surface area contributed by atoms with Crippen molar-refractivity contribution in [1.29, 1.82) is 0 Å². The highest BCUT2D eigenvalue weighted by Gasteiger charge is 2.21. The van der Waals surface area contributed by atoms with Crippen LogP contribution in [0.25, 0.3) is 0 Å². The first-order valence-corrected chi connectivity index (χ1v) is 13.0. The van der Waals surface area contributed by atoms with Gasteiger partial charge < -0.3 is 5.11 Å². The fourth-order valence-electron chi connectivity index (χ4n) is 3.30. The molecule has 0 bridgehead atoms. The fourth-order valence-corrected chi connectivity index (χ4v) is 5.99. The molecule has 4 heterocycles. The summed E-state index contributed by atoms with van der Waals surface area (Å²) in [4.78, 5) is 2.03. The molecule has 31 heavy (non-hydrogen) atoms. The molecule has 7 nitrogen and oxygen atoms in total. The van der Waals surface area contributed by atoms with Crippen LogP contribution in [0, 0.1) is 0 Å². The molecular weight excluding hydrogens is 564 g/mol. The lowest BCUT2D eigenvalue weighted by molar-refractivity contribution is 0.223. The first-order chi connectivity index (χ1) is 14.8. The number of aliphatic hydroxyl groups excluding tert-OH is 1. The summed E-state index contributed by atoms with van der Waals surface area (Å²) in [5.41, 5.74) is 3.94. The Labute approximate surface area is 205 Å². The highest BCUT2D eigenvalue weighted by atomic mass is 79.9. The molecule has 2 unspecified atom stereocenters. The lowest BCUT2D eigenvalue weighted by Gasteiger charge is -2.08. The third kappa shape index (κ3) is 5.16. The highest BCUT2D eigenvalue weighted by molar-refractivity contribution is 9.10. The van der Waals surface area contributed by atoms with Gasteiger partial charge in [-0.3, -0.25) is 9.36 Å². The Morgan fingerprint density at radius 3 is 2.58 bits per heavy atom. The lowest BCUT2D eigenvalue weighted by Crippen LogP contribution is -2.07. The first-order valence-electron chi connectivity index (χ1n) is 9.84. The van der Waals surface area contributed by atoms with E-state index in [0.717, 1.165) is 44.8 Å². The van der Waals surface area contributed by atoms with E-state index >= 15 is 0 Å². The van der Waals surface area contributed by atoms with E-state index in [-0.39, 0.29) is 5.92 Å². The quantitative estimate of drug-likeness (QED) is 0.311. The summed E-state index contributed by atoms with van der Waals surface area (Å²) in [6.45, 7) is 4.87. The summed E-state index contributed by atoms with van der Waals surface area (Å²) in [7, 11) is 1.92. The van der Waals surface area contributed by atoms with Crippen molar-refractivity contribution in [2.45, 2.75) is 45.3 Å². The molecule has 0 aliphatic carbocycles. The Kier molecular flexibility index (Phi) is 7.07. The molecule has 0 fully saturated rings. The van der Waals surface area contributed by atoms with Crippen molar-refractivity contribution < 1.29 is 5.11 Å². The van der Waals surface area contributed by atoms with Gasteiger partial charge in [-0.2, -0.15) is 18.9 Å². The molecular formula is C20H22Br2N6OS2. The standard InChI is InChI=1S/C20H22Br2N6OS2/c1-4-13-6-17(31-25-13)18(29)15-10-28(24-20(15)22)8-11(2)16-7-14(30-26-16)5-12-9-27(3)23-19(12)21/h6-7,9-11,18,29H,4-5,8H2,1-3H3. The van der Waals surface area contributed by atoms with E-state index in [1.54, 1.807) is 4.68 Å². The average Bonchev–Trinajstić information content (AvgIpc) is 3.50. The van der Waals surface area contributed by atoms with Gasteiger partial charge in [0.25, 0.3) is 0 Å². The third-order valence-electron chi connectivity index (χ3n) is 5.01. The lowest BCUT2D eigenvalue weighted by atomic mass is 10.1. The Morgan fingerprint density at radius 1 is 1.10 bits per heavy atom. The molecule has 4 aromatic heterocycles. The zero-order chi connectivity index (χ0) is 22.1. The van der Waals surface area contributed by atoms with Crippen molar-refractivity contribution >= 4 is 54.9 Å². The molecule has 2 atom stereocenters. The number of hydrogen-bond acceptors (Lipinski definition) is 7. The molecule has 0 aromatic carbocycles. The molecule has 0 amide bonds. The molecule has 0 aliphatic heterocycles. The average molecular weight is 586 g/mol. The SMILES string of the molecule is CCc1cc(C(O)c2cn(CC(C)c3cc(Cc4cn(C)nc4Br)sn3)nc2Br)sn1. The van der Waals surface area contributed by atoms with Crippen LogP contribution >= 0.6 is 54.9 Å². The summed E-state index contributed by atoms with van der Waals surface area (Å²) in [6.07, 6.45) is 4.84. The highest BCUT2D eigenvalue weighted by Crippen LogP contribution is 2.31. The second-order valence-electron chi connectivity index (χ2n) is 7.49. The minimum absolute atomic E-state index is 0.189. The maximum Gasteiger partial charge on any atom is 0.134 e. The first kappa shape index (κ1) is 22.8. The number of rotatable bonds is 8. The van der Waals surface area contributed by atoms with Gasteiger partial charge >= 0.3 is 0 Å². The van der Waals surface area contributed by atoms with E-state index < -0.39 is 6.10 Å². The van der Waals surface area contributed by atoms with E-state index in [2.05, 4.69) is 70.7 Å². The van der Waals surface area contributed by atoms with Gasteiger partial charge in [-0.25, -0.2) is 0 Å². The second-order valence-corrected chi connectivity index (χ2v) is 10.7. The molecule has 0 radical (unpaired) electrons. The van der Waals surface area contributed by atoms with Crippen molar-refractivity contribution in [3.8, 4) is 0 Å². The molecule has 4 rings (SSSR count). The number of aliphatic hydroxyl groups is 1. The molecule has 0 saturated heterocycles. The van der Waals surface area contributed by atoms with Gasteiger partial charge in [0.05, 0.1) is 16.3 Å². The van der Waals surface area contributed by atoms with Gasteiger partial charge in [-0.05, 0) is 73.5 Å². The number of nitrogens with zero attached hydrogens (tertiary/aromatic N) is 6. The van der Waals surface area contributed by atoms with Gasteiger partial charge in [0, 0.05) is 54.3 Å². The van der Waals surface area contributed by atoms with Gasteiger partial charge in [-0.1, -0.05) is 13.8 Å². The van der Waals surface area contributed by atoms with Crippen LogP contribution in [0.5, 0.6) is 0 Å². The Bertz CT molecular complexity index is 1180. The Balaban J connectivity index is 1.44. The van der Waals surface area contributed by atoms with Crippen LogP contribution in [0.4, 0.5) is 0 Å². The topological polar surface area (TPSA) is 81.7 Å². The Morgan fingerprint density at radius 2 is 1.90 bits per heavy atom. The van der Waals surface area contributed by atoms with Crippen LogP contribution < -0.4 is 0 Å². The van der Waals surface area contributed by atoms with Crippen molar-refractivity contribution in [3.05, 3.63) is 66.0 Å². The van der Waals surface area contributed by atoms with Crippen LogP contribution in [0.3, 0.4) is 0 Å². The summed E-state index contributed by atoms with van der Waals surface area (Å²) < 4.78 is 14.2. The van der Waals surface area contributed by atoms with Crippen LogP contribution in [-0.4, -0.2) is 33.4 Å². The van der Waals surface area contributed by atoms with Crippen molar-refractivity contribution in [2.75, 3.05) is 0 Å². The minimum atomic E-state index is -0.736. The van der Waals surface area contributed by atoms with Gasteiger partial charge in [0.15, 0.2) is 0 Å². The molecule has 0 saturated carbocycles. The van der Waals surface area contributed by atoms with Crippen molar-refractivity contribution in [2.24, 2.45) is 7.05 Å². The molecule has 11 heteroatoms. The largest absolute Gasteiger partial charge is 0.383 e. The normalized spacial score (nSPS) is 13.6. The molecule has 0 aliphatic rings. The fraction of sp³-hybridized carbons (Fsp3) is 0.400. The van der Waals surface area contributed by atoms with Crippen molar-refractivity contribution in [3.63, 3.8) is 0 Å². The van der Waals surface area contributed by atoms with E-state index in [9.17, 15) is 5.11 Å². The van der Waals surface area contributed by atoms with Crippen LogP contribution in [0.2, 0.25) is 0 Å². The smallest absolute Gasteiger partial charge is 0.134 e. The summed E-state index contributed by atoms with van der Waals surface area (Å²) in [5.74, 6) is 0.189. The van der Waals surface area contributed by atoms with Gasteiger partial charge in [0.1, 0.15) is 15.3 Å². The number of aryl methyl sites for hydroxylation is 2. The number of aromatic nitrogens is 6. The Hall–Kier alpha value is -1.40. The zero-order valence-corrected chi connectivity index (χ0v) is 22.1.